The van der Waals surface area contributed by atoms with Crippen molar-refractivity contribution in [3.05, 3.63) is 29.8 Å². The summed E-state index contributed by atoms with van der Waals surface area (Å²) >= 11 is 0. The molecule has 1 fully saturated rings. The van der Waals surface area contributed by atoms with Gasteiger partial charge in [0.25, 0.3) is 0 Å². The van der Waals surface area contributed by atoms with E-state index in [0.29, 0.717) is 32.0 Å². The minimum absolute atomic E-state index is 0.0327. The van der Waals surface area contributed by atoms with E-state index in [9.17, 15) is 18.0 Å². The third-order valence-electron chi connectivity index (χ3n) is 5.66. The molecule has 7 nitrogen and oxygen atoms in total. The lowest BCUT2D eigenvalue weighted by Crippen LogP contribution is -2.36. The number of rotatable bonds is 10. The molecule has 1 N–H and O–H groups in total. The van der Waals surface area contributed by atoms with Crippen LogP contribution in [0.2, 0.25) is 0 Å². The summed E-state index contributed by atoms with van der Waals surface area (Å²) in [6.07, 6.45) is 1.71. The summed E-state index contributed by atoms with van der Waals surface area (Å²) in [7, 11) is -1.66. The molecule has 1 aromatic rings. The zero-order valence-corrected chi connectivity index (χ0v) is 18.7. The second-order valence-corrected chi connectivity index (χ2v) is 10.0. The minimum Gasteiger partial charge on any atom is -0.356 e. The molecule has 2 unspecified atom stereocenters. The molecule has 1 heterocycles. The molecule has 1 aromatic carbocycles. The highest BCUT2D eigenvalue weighted by Crippen LogP contribution is 2.33. The maximum absolute atomic E-state index is 12.6. The molecule has 0 bridgehead atoms. The van der Waals surface area contributed by atoms with Gasteiger partial charge in [-0.2, -0.15) is 0 Å². The van der Waals surface area contributed by atoms with Crippen molar-refractivity contribution in [3.8, 4) is 0 Å². The molecule has 8 heteroatoms. The monoisotopic (exact) mass is 423 g/mol. The molecule has 2 amide bonds. The van der Waals surface area contributed by atoms with Gasteiger partial charge in [-0.3, -0.25) is 9.59 Å². The van der Waals surface area contributed by atoms with Gasteiger partial charge in [-0.05, 0) is 37.3 Å². The van der Waals surface area contributed by atoms with Crippen LogP contribution in [0.5, 0.6) is 0 Å². The number of hydrogen-bond acceptors (Lipinski definition) is 4. The standard InChI is InChI=1S/C21H33N3O4S/c1-5-16(3)18-10-7-8-11-19(18)24-15-17(14-20(24)25)21(26)22-12-9-13-23(4)29(27,28)6-2/h7-8,10-11,16-17H,5-6,9,12-15H2,1-4H3,(H,22,26). The van der Waals surface area contributed by atoms with Gasteiger partial charge in [-0.25, -0.2) is 12.7 Å². The van der Waals surface area contributed by atoms with Crippen LogP contribution in [-0.2, 0) is 19.6 Å². The van der Waals surface area contributed by atoms with Crippen molar-refractivity contribution in [1.82, 2.24) is 9.62 Å². The Kier molecular flexibility index (Phi) is 8.22. The SMILES string of the molecule is CCC(C)c1ccccc1N1CC(C(=O)NCCCN(C)S(=O)(=O)CC)CC1=O. The van der Waals surface area contributed by atoms with Crippen molar-refractivity contribution in [2.24, 2.45) is 5.92 Å². The average molecular weight is 424 g/mol. The zero-order chi connectivity index (χ0) is 21.6. The van der Waals surface area contributed by atoms with Gasteiger partial charge in [0.15, 0.2) is 0 Å². The first kappa shape index (κ1) is 23.3. The molecule has 0 radical (unpaired) electrons. The topological polar surface area (TPSA) is 86.8 Å². The first-order chi connectivity index (χ1) is 13.7. The molecule has 0 aliphatic carbocycles. The third-order valence-corrected chi connectivity index (χ3v) is 7.52. The molecule has 0 spiro atoms. The molecule has 2 rings (SSSR count). The van der Waals surface area contributed by atoms with Gasteiger partial charge in [-0.1, -0.05) is 32.0 Å². The summed E-state index contributed by atoms with van der Waals surface area (Å²) in [5.41, 5.74) is 2.03. The number of amides is 2. The minimum atomic E-state index is -3.20. The fourth-order valence-electron chi connectivity index (χ4n) is 3.50. The van der Waals surface area contributed by atoms with E-state index in [1.54, 1.807) is 18.9 Å². The van der Waals surface area contributed by atoms with E-state index in [-0.39, 0.29) is 29.9 Å². The number of carbonyl (C=O) groups is 2. The van der Waals surface area contributed by atoms with Crippen LogP contribution in [0, 0.1) is 5.92 Å². The molecule has 29 heavy (non-hydrogen) atoms. The number of nitrogens with one attached hydrogen (secondary N) is 1. The van der Waals surface area contributed by atoms with E-state index in [2.05, 4.69) is 19.2 Å². The number of sulfonamides is 1. The van der Waals surface area contributed by atoms with Crippen molar-refractivity contribution < 1.29 is 18.0 Å². The maximum Gasteiger partial charge on any atom is 0.227 e. The second kappa shape index (κ2) is 10.2. The van der Waals surface area contributed by atoms with E-state index in [1.807, 2.05) is 24.3 Å². The number of benzene rings is 1. The van der Waals surface area contributed by atoms with E-state index in [1.165, 1.54) is 4.31 Å². The molecule has 0 aromatic heterocycles. The third kappa shape index (κ3) is 5.79. The average Bonchev–Trinajstić information content (AvgIpc) is 3.11. The molecular weight excluding hydrogens is 390 g/mol. The summed E-state index contributed by atoms with van der Waals surface area (Å²) in [6, 6.07) is 7.89. The lowest BCUT2D eigenvalue weighted by Gasteiger charge is -2.23. The van der Waals surface area contributed by atoms with Crippen LogP contribution in [0.15, 0.2) is 24.3 Å². The van der Waals surface area contributed by atoms with Crippen LogP contribution in [0.1, 0.15) is 51.5 Å². The van der Waals surface area contributed by atoms with E-state index in [4.69, 9.17) is 0 Å². The summed E-state index contributed by atoms with van der Waals surface area (Å²) < 4.78 is 24.8. The molecule has 162 valence electrons. The van der Waals surface area contributed by atoms with Gasteiger partial charge in [0.2, 0.25) is 21.8 Å². The van der Waals surface area contributed by atoms with E-state index >= 15 is 0 Å². The predicted octanol–water partition coefficient (Wildman–Crippen LogP) is 2.34. The van der Waals surface area contributed by atoms with Crippen LogP contribution in [0.4, 0.5) is 5.69 Å². The number of nitrogens with zero attached hydrogens (tertiary/aromatic N) is 2. The van der Waals surface area contributed by atoms with Crippen molar-refractivity contribution in [1.29, 1.82) is 0 Å². The van der Waals surface area contributed by atoms with Crippen LogP contribution in [0.25, 0.3) is 0 Å². The fourth-order valence-corrected chi connectivity index (χ4v) is 4.35. The molecule has 2 atom stereocenters. The quantitative estimate of drug-likeness (QED) is 0.585. The van der Waals surface area contributed by atoms with Crippen LogP contribution >= 0.6 is 0 Å². The van der Waals surface area contributed by atoms with Crippen molar-refractivity contribution in [3.63, 3.8) is 0 Å². The summed E-state index contributed by atoms with van der Waals surface area (Å²) in [4.78, 5) is 26.8. The lowest BCUT2D eigenvalue weighted by atomic mass is 9.96. The summed E-state index contributed by atoms with van der Waals surface area (Å²) in [5.74, 6) is -0.168. The Morgan fingerprint density at radius 3 is 2.66 bits per heavy atom. The van der Waals surface area contributed by atoms with Crippen LogP contribution in [-0.4, -0.2) is 57.0 Å². The number of hydrogen-bond donors (Lipinski definition) is 1. The second-order valence-electron chi connectivity index (χ2n) is 7.64. The van der Waals surface area contributed by atoms with Gasteiger partial charge in [0.05, 0.1) is 11.7 Å². The van der Waals surface area contributed by atoms with Crippen LogP contribution < -0.4 is 10.2 Å². The largest absolute Gasteiger partial charge is 0.356 e. The Hall–Kier alpha value is -1.93. The van der Waals surface area contributed by atoms with Crippen molar-refractivity contribution in [2.45, 2.75) is 46.0 Å². The first-order valence-electron chi connectivity index (χ1n) is 10.3. The van der Waals surface area contributed by atoms with E-state index in [0.717, 1.165) is 17.7 Å². The first-order valence-corrected chi connectivity index (χ1v) is 11.9. The normalized spacial score (nSPS) is 18.3. The van der Waals surface area contributed by atoms with Gasteiger partial charge >= 0.3 is 0 Å². The molecule has 1 saturated heterocycles. The highest BCUT2D eigenvalue weighted by atomic mass is 32.2. The Labute approximate surface area is 174 Å². The maximum atomic E-state index is 12.6. The smallest absolute Gasteiger partial charge is 0.227 e. The van der Waals surface area contributed by atoms with Crippen molar-refractivity contribution >= 4 is 27.5 Å². The zero-order valence-electron chi connectivity index (χ0n) is 17.8. The Bertz CT molecular complexity index is 825. The van der Waals surface area contributed by atoms with Gasteiger partial charge in [-0.15, -0.1) is 0 Å². The highest BCUT2D eigenvalue weighted by Gasteiger charge is 2.36. The Morgan fingerprint density at radius 2 is 2.00 bits per heavy atom. The fraction of sp³-hybridized carbons (Fsp3) is 0.619. The molecule has 0 saturated carbocycles. The van der Waals surface area contributed by atoms with Crippen molar-refractivity contribution in [2.75, 3.05) is 37.3 Å². The summed E-state index contributed by atoms with van der Waals surface area (Å²) in [6.45, 7) is 6.98. The Morgan fingerprint density at radius 1 is 1.31 bits per heavy atom. The number of para-hydroxylation sites is 1. The van der Waals surface area contributed by atoms with Gasteiger partial charge in [0.1, 0.15) is 0 Å². The molecule has 1 aliphatic heterocycles. The number of carbonyl (C=O) groups excluding carboxylic acids is 2. The van der Waals surface area contributed by atoms with Crippen LogP contribution in [0.3, 0.4) is 0 Å². The summed E-state index contributed by atoms with van der Waals surface area (Å²) in [5, 5.41) is 2.85. The predicted molar refractivity (Wildman–Crippen MR) is 115 cm³/mol. The highest BCUT2D eigenvalue weighted by molar-refractivity contribution is 7.89. The Balaban J connectivity index is 1.91. The van der Waals surface area contributed by atoms with Gasteiger partial charge < -0.3 is 10.2 Å². The molecular formula is C21H33N3O4S. The molecule has 1 aliphatic rings. The number of anilines is 1. The van der Waals surface area contributed by atoms with Gasteiger partial charge in [0, 0.05) is 38.8 Å². The lowest BCUT2D eigenvalue weighted by molar-refractivity contribution is -0.126. The van der Waals surface area contributed by atoms with E-state index < -0.39 is 10.0 Å².